The molecule has 17 heavy (non-hydrogen) atoms. The minimum Gasteiger partial charge on any atom is -0.394 e. The SMILES string of the molecule is O=C(c1ccc(CCl)cc1)N1CCC[C@H]1CO. The maximum absolute atomic E-state index is 12.2. The Kier molecular flexibility index (Phi) is 4.02. The van der Waals surface area contributed by atoms with Crippen molar-refractivity contribution in [1.29, 1.82) is 0 Å². The van der Waals surface area contributed by atoms with E-state index in [1.807, 2.05) is 12.1 Å². The van der Waals surface area contributed by atoms with Gasteiger partial charge in [-0.3, -0.25) is 4.79 Å². The van der Waals surface area contributed by atoms with Crippen LogP contribution in [0.25, 0.3) is 0 Å². The van der Waals surface area contributed by atoms with Crippen LogP contribution in [-0.4, -0.2) is 35.1 Å². The quantitative estimate of drug-likeness (QED) is 0.838. The molecule has 1 aromatic rings. The van der Waals surface area contributed by atoms with Crippen LogP contribution in [-0.2, 0) is 5.88 Å². The lowest BCUT2D eigenvalue weighted by molar-refractivity contribution is 0.0677. The lowest BCUT2D eigenvalue weighted by Crippen LogP contribution is -2.37. The van der Waals surface area contributed by atoms with Gasteiger partial charge in [0.1, 0.15) is 0 Å². The Bertz CT molecular complexity index is 391. The van der Waals surface area contributed by atoms with Crippen LogP contribution >= 0.6 is 11.6 Å². The van der Waals surface area contributed by atoms with Crippen LogP contribution in [0.4, 0.5) is 0 Å². The smallest absolute Gasteiger partial charge is 0.254 e. The van der Waals surface area contributed by atoms with Gasteiger partial charge in [0.15, 0.2) is 0 Å². The van der Waals surface area contributed by atoms with E-state index in [1.54, 1.807) is 17.0 Å². The number of carbonyl (C=O) groups excluding carboxylic acids is 1. The molecule has 92 valence electrons. The molecule has 1 amide bonds. The van der Waals surface area contributed by atoms with E-state index in [-0.39, 0.29) is 18.6 Å². The van der Waals surface area contributed by atoms with Crippen molar-refractivity contribution >= 4 is 17.5 Å². The van der Waals surface area contributed by atoms with Gasteiger partial charge in [0.2, 0.25) is 0 Å². The topological polar surface area (TPSA) is 40.5 Å². The van der Waals surface area contributed by atoms with Crippen molar-refractivity contribution in [3.05, 3.63) is 35.4 Å². The molecular formula is C13H16ClNO2. The first-order valence-electron chi connectivity index (χ1n) is 5.83. The van der Waals surface area contributed by atoms with Crippen molar-refractivity contribution in [2.24, 2.45) is 0 Å². The number of halogens is 1. The van der Waals surface area contributed by atoms with Gasteiger partial charge in [-0.2, -0.15) is 0 Å². The molecule has 0 spiro atoms. The van der Waals surface area contributed by atoms with Gasteiger partial charge in [-0.25, -0.2) is 0 Å². The number of aliphatic hydroxyl groups excluding tert-OH is 1. The average Bonchev–Trinajstić information content (AvgIpc) is 2.86. The van der Waals surface area contributed by atoms with E-state index in [1.165, 1.54) is 0 Å². The minimum atomic E-state index is -0.0183. The number of amides is 1. The fraction of sp³-hybridized carbons (Fsp3) is 0.462. The second-order valence-electron chi connectivity index (χ2n) is 4.31. The van der Waals surface area contributed by atoms with Gasteiger partial charge in [-0.15, -0.1) is 11.6 Å². The number of likely N-dealkylation sites (tertiary alicyclic amines) is 1. The van der Waals surface area contributed by atoms with Crippen molar-refractivity contribution < 1.29 is 9.90 Å². The van der Waals surface area contributed by atoms with Crippen molar-refractivity contribution in [3.8, 4) is 0 Å². The van der Waals surface area contributed by atoms with Crippen LogP contribution in [0.2, 0.25) is 0 Å². The van der Waals surface area contributed by atoms with E-state index < -0.39 is 0 Å². The van der Waals surface area contributed by atoms with Crippen LogP contribution in [0.5, 0.6) is 0 Å². The van der Waals surface area contributed by atoms with Gasteiger partial charge in [-0.05, 0) is 30.5 Å². The molecule has 0 unspecified atom stereocenters. The van der Waals surface area contributed by atoms with Crippen LogP contribution < -0.4 is 0 Å². The van der Waals surface area contributed by atoms with E-state index in [9.17, 15) is 9.90 Å². The van der Waals surface area contributed by atoms with Crippen LogP contribution in [0.1, 0.15) is 28.8 Å². The summed E-state index contributed by atoms with van der Waals surface area (Å²) in [5, 5.41) is 9.20. The Morgan fingerprint density at radius 2 is 2.12 bits per heavy atom. The number of carbonyl (C=O) groups is 1. The molecule has 1 N–H and O–H groups in total. The fourth-order valence-corrected chi connectivity index (χ4v) is 2.37. The molecule has 0 bridgehead atoms. The lowest BCUT2D eigenvalue weighted by Gasteiger charge is -2.23. The lowest BCUT2D eigenvalue weighted by atomic mass is 10.1. The number of alkyl halides is 1. The molecule has 0 aromatic heterocycles. The van der Waals surface area contributed by atoms with Crippen molar-refractivity contribution in [3.63, 3.8) is 0 Å². The van der Waals surface area contributed by atoms with Crippen LogP contribution in [0.15, 0.2) is 24.3 Å². The summed E-state index contributed by atoms with van der Waals surface area (Å²) in [6.45, 7) is 0.785. The van der Waals surface area contributed by atoms with Gasteiger partial charge in [0.25, 0.3) is 5.91 Å². The van der Waals surface area contributed by atoms with Gasteiger partial charge in [-0.1, -0.05) is 12.1 Å². The number of hydrogen-bond acceptors (Lipinski definition) is 2. The molecule has 1 fully saturated rings. The zero-order chi connectivity index (χ0) is 12.3. The third-order valence-electron chi connectivity index (χ3n) is 3.20. The maximum Gasteiger partial charge on any atom is 0.254 e. The summed E-state index contributed by atoms with van der Waals surface area (Å²) in [6.07, 6.45) is 1.86. The Morgan fingerprint density at radius 1 is 1.41 bits per heavy atom. The standard InChI is InChI=1S/C13H16ClNO2/c14-8-10-3-5-11(6-4-10)13(17)15-7-1-2-12(15)9-16/h3-6,12,16H,1-2,7-9H2/t12-/m0/s1. The van der Waals surface area contributed by atoms with E-state index >= 15 is 0 Å². The molecule has 4 heteroatoms. The van der Waals surface area contributed by atoms with Crippen molar-refractivity contribution in [2.75, 3.05) is 13.2 Å². The van der Waals surface area contributed by atoms with Crippen molar-refractivity contribution in [1.82, 2.24) is 4.90 Å². The summed E-state index contributed by atoms with van der Waals surface area (Å²) in [6, 6.07) is 7.31. The molecule has 0 aliphatic carbocycles. The molecule has 0 saturated carbocycles. The monoisotopic (exact) mass is 253 g/mol. The van der Waals surface area contributed by atoms with Gasteiger partial charge >= 0.3 is 0 Å². The maximum atomic E-state index is 12.2. The molecular weight excluding hydrogens is 238 g/mol. The van der Waals surface area contributed by atoms with Crippen LogP contribution in [0.3, 0.4) is 0 Å². The molecule has 1 aromatic carbocycles. The normalized spacial score (nSPS) is 19.6. The number of nitrogens with zero attached hydrogens (tertiary/aromatic N) is 1. The second-order valence-corrected chi connectivity index (χ2v) is 4.57. The number of hydrogen-bond donors (Lipinski definition) is 1. The Labute approximate surface area is 106 Å². The largest absolute Gasteiger partial charge is 0.394 e. The summed E-state index contributed by atoms with van der Waals surface area (Å²) in [5.74, 6) is 0.458. The molecule has 3 nitrogen and oxygen atoms in total. The molecule has 0 radical (unpaired) electrons. The number of benzene rings is 1. The van der Waals surface area contributed by atoms with Gasteiger partial charge < -0.3 is 10.0 Å². The zero-order valence-electron chi connectivity index (χ0n) is 9.60. The number of rotatable bonds is 3. The minimum absolute atomic E-state index is 0.00247. The highest BCUT2D eigenvalue weighted by molar-refractivity contribution is 6.17. The molecule has 1 heterocycles. The molecule has 1 aliphatic rings. The summed E-state index contributed by atoms with van der Waals surface area (Å²) in [5.41, 5.74) is 1.67. The highest BCUT2D eigenvalue weighted by Gasteiger charge is 2.28. The Morgan fingerprint density at radius 3 is 2.71 bits per heavy atom. The predicted molar refractivity (Wildman–Crippen MR) is 67.1 cm³/mol. The van der Waals surface area contributed by atoms with E-state index in [4.69, 9.17) is 11.6 Å². The summed E-state index contributed by atoms with van der Waals surface area (Å²) in [4.78, 5) is 14.0. The first-order valence-corrected chi connectivity index (χ1v) is 6.36. The molecule has 1 aliphatic heterocycles. The summed E-state index contributed by atoms with van der Waals surface area (Å²) < 4.78 is 0. The Balaban J connectivity index is 2.13. The van der Waals surface area contributed by atoms with Gasteiger partial charge in [0.05, 0.1) is 12.6 Å². The molecule has 1 atom stereocenters. The van der Waals surface area contributed by atoms with Crippen LogP contribution in [0, 0.1) is 0 Å². The third-order valence-corrected chi connectivity index (χ3v) is 3.51. The average molecular weight is 254 g/mol. The molecule has 1 saturated heterocycles. The second kappa shape index (κ2) is 5.52. The highest BCUT2D eigenvalue weighted by Crippen LogP contribution is 2.20. The van der Waals surface area contributed by atoms with E-state index in [2.05, 4.69) is 0 Å². The summed E-state index contributed by atoms with van der Waals surface area (Å²) >= 11 is 5.70. The highest BCUT2D eigenvalue weighted by atomic mass is 35.5. The van der Waals surface area contributed by atoms with Gasteiger partial charge in [0, 0.05) is 18.0 Å². The predicted octanol–water partition coefficient (Wildman–Crippen LogP) is 2.02. The third kappa shape index (κ3) is 2.61. The Hall–Kier alpha value is -1.06. The fourth-order valence-electron chi connectivity index (χ4n) is 2.20. The zero-order valence-corrected chi connectivity index (χ0v) is 10.4. The van der Waals surface area contributed by atoms with Crippen molar-refractivity contribution in [2.45, 2.75) is 24.8 Å². The molecule has 2 rings (SSSR count). The first-order chi connectivity index (χ1) is 8.26. The van der Waals surface area contributed by atoms with E-state index in [0.717, 1.165) is 24.9 Å². The van der Waals surface area contributed by atoms with E-state index in [0.29, 0.717) is 11.4 Å². The summed E-state index contributed by atoms with van der Waals surface area (Å²) in [7, 11) is 0. The number of aliphatic hydroxyl groups is 1. The first kappa shape index (κ1) is 12.4.